The third-order valence-electron chi connectivity index (χ3n) is 3.15. The Morgan fingerprint density at radius 2 is 1.64 bits per heavy atom. The SMILES string of the molecule is CC(C)C(CBr)O[Si](C)(C)C(C)(C)C. The van der Waals surface area contributed by atoms with Crippen molar-refractivity contribution in [3.8, 4) is 0 Å². The molecule has 0 aromatic heterocycles. The molecule has 0 amide bonds. The van der Waals surface area contributed by atoms with Crippen LogP contribution in [0.2, 0.25) is 18.1 Å². The van der Waals surface area contributed by atoms with Gasteiger partial charge < -0.3 is 4.43 Å². The zero-order valence-corrected chi connectivity index (χ0v) is 13.2. The summed E-state index contributed by atoms with van der Waals surface area (Å²) in [6.07, 6.45) is 0.357. The first-order valence-electron chi connectivity index (χ1n) is 5.35. The smallest absolute Gasteiger partial charge is 0.192 e. The molecule has 0 saturated heterocycles. The monoisotopic (exact) mass is 280 g/mol. The molecule has 0 heterocycles. The van der Waals surface area contributed by atoms with E-state index in [-0.39, 0.29) is 0 Å². The Morgan fingerprint density at radius 3 is 1.86 bits per heavy atom. The molecule has 0 aliphatic rings. The number of rotatable bonds is 4. The molecule has 14 heavy (non-hydrogen) atoms. The highest BCUT2D eigenvalue weighted by atomic mass is 79.9. The fourth-order valence-corrected chi connectivity index (χ4v) is 3.49. The van der Waals surface area contributed by atoms with E-state index in [4.69, 9.17) is 4.43 Å². The van der Waals surface area contributed by atoms with E-state index in [0.29, 0.717) is 17.1 Å². The molecule has 1 unspecified atom stereocenters. The van der Waals surface area contributed by atoms with Crippen molar-refractivity contribution >= 4 is 24.2 Å². The topological polar surface area (TPSA) is 9.23 Å². The van der Waals surface area contributed by atoms with Crippen LogP contribution < -0.4 is 0 Å². The van der Waals surface area contributed by atoms with Gasteiger partial charge in [0, 0.05) is 5.33 Å². The van der Waals surface area contributed by atoms with Gasteiger partial charge in [0.05, 0.1) is 6.10 Å². The Hall–Kier alpha value is 0.657. The lowest BCUT2D eigenvalue weighted by molar-refractivity contribution is 0.157. The molecular weight excluding hydrogens is 256 g/mol. The van der Waals surface area contributed by atoms with Crippen LogP contribution in [0.3, 0.4) is 0 Å². The highest BCUT2D eigenvalue weighted by Crippen LogP contribution is 2.38. The van der Waals surface area contributed by atoms with Crippen LogP contribution in [0.5, 0.6) is 0 Å². The maximum atomic E-state index is 6.30. The minimum Gasteiger partial charge on any atom is -0.413 e. The molecule has 0 rings (SSSR count). The fourth-order valence-electron chi connectivity index (χ4n) is 0.901. The van der Waals surface area contributed by atoms with Gasteiger partial charge in [-0.3, -0.25) is 0 Å². The van der Waals surface area contributed by atoms with Gasteiger partial charge in [0.25, 0.3) is 0 Å². The molecule has 0 radical (unpaired) electrons. The third kappa shape index (κ3) is 4.03. The van der Waals surface area contributed by atoms with Gasteiger partial charge in [-0.2, -0.15) is 0 Å². The number of hydrogen-bond donors (Lipinski definition) is 0. The molecule has 0 aromatic rings. The molecule has 86 valence electrons. The van der Waals surface area contributed by atoms with Crippen LogP contribution in [0.15, 0.2) is 0 Å². The zero-order valence-electron chi connectivity index (χ0n) is 10.6. The zero-order chi connectivity index (χ0) is 11.6. The van der Waals surface area contributed by atoms with Crippen molar-refractivity contribution in [2.75, 3.05) is 5.33 Å². The summed E-state index contributed by atoms with van der Waals surface area (Å²) in [6.45, 7) is 15.9. The Labute approximate surface area is 98.9 Å². The highest BCUT2D eigenvalue weighted by molar-refractivity contribution is 9.09. The lowest BCUT2D eigenvalue weighted by atomic mass is 10.1. The Kier molecular flexibility index (Phi) is 5.37. The molecule has 0 aliphatic carbocycles. The summed E-state index contributed by atoms with van der Waals surface area (Å²) in [5.74, 6) is 0.587. The average Bonchev–Trinajstić information content (AvgIpc) is 1.97. The van der Waals surface area contributed by atoms with Crippen LogP contribution in [0, 0.1) is 5.92 Å². The van der Waals surface area contributed by atoms with Crippen molar-refractivity contribution in [1.29, 1.82) is 0 Å². The number of hydrogen-bond acceptors (Lipinski definition) is 1. The summed E-state index contributed by atoms with van der Waals surface area (Å²) in [7, 11) is -1.58. The maximum absolute atomic E-state index is 6.30. The van der Waals surface area contributed by atoms with Crippen molar-refractivity contribution in [2.24, 2.45) is 5.92 Å². The predicted molar refractivity (Wildman–Crippen MR) is 70.7 cm³/mol. The second-order valence-corrected chi connectivity index (χ2v) is 11.2. The summed E-state index contributed by atoms with van der Waals surface area (Å²) in [5.41, 5.74) is 0. The van der Waals surface area contributed by atoms with E-state index in [1.807, 2.05) is 0 Å². The normalized spacial score (nSPS) is 16.1. The summed E-state index contributed by atoms with van der Waals surface area (Å²) >= 11 is 3.53. The van der Waals surface area contributed by atoms with Gasteiger partial charge in [-0.15, -0.1) is 0 Å². The van der Waals surface area contributed by atoms with Gasteiger partial charge in [0.1, 0.15) is 0 Å². The van der Waals surface area contributed by atoms with Crippen molar-refractivity contribution in [2.45, 2.75) is 58.9 Å². The first-order chi connectivity index (χ1) is 6.12. The summed E-state index contributed by atoms with van der Waals surface area (Å²) in [4.78, 5) is 0. The van der Waals surface area contributed by atoms with E-state index in [9.17, 15) is 0 Å². The van der Waals surface area contributed by atoms with Crippen LogP contribution in [0.1, 0.15) is 34.6 Å². The number of alkyl halides is 1. The largest absolute Gasteiger partial charge is 0.413 e. The Morgan fingerprint density at radius 1 is 1.21 bits per heavy atom. The predicted octanol–water partition coefficient (Wildman–Crippen LogP) is 4.43. The van der Waals surface area contributed by atoms with E-state index >= 15 is 0 Å². The van der Waals surface area contributed by atoms with Gasteiger partial charge in [-0.25, -0.2) is 0 Å². The number of halogens is 1. The standard InChI is InChI=1S/C11H25BrOSi/c1-9(2)10(8-12)13-14(6,7)11(3,4)5/h9-10H,8H2,1-7H3. The van der Waals surface area contributed by atoms with Crippen molar-refractivity contribution in [3.63, 3.8) is 0 Å². The Bertz CT molecular complexity index is 173. The van der Waals surface area contributed by atoms with Gasteiger partial charge >= 0.3 is 0 Å². The summed E-state index contributed by atoms with van der Waals surface area (Å²) in [6, 6.07) is 0. The van der Waals surface area contributed by atoms with Crippen LogP contribution in [0.4, 0.5) is 0 Å². The Balaban J connectivity index is 4.48. The average molecular weight is 281 g/mol. The quantitative estimate of drug-likeness (QED) is 0.547. The van der Waals surface area contributed by atoms with Crippen LogP contribution in [0.25, 0.3) is 0 Å². The van der Waals surface area contributed by atoms with Gasteiger partial charge in [-0.05, 0) is 24.1 Å². The lowest BCUT2D eigenvalue weighted by Gasteiger charge is -2.40. The van der Waals surface area contributed by atoms with Crippen LogP contribution >= 0.6 is 15.9 Å². The van der Waals surface area contributed by atoms with E-state index in [2.05, 4.69) is 63.6 Å². The minimum atomic E-state index is -1.58. The van der Waals surface area contributed by atoms with Crippen LogP contribution in [-0.2, 0) is 4.43 Å². The third-order valence-corrected chi connectivity index (χ3v) is 8.29. The van der Waals surface area contributed by atoms with Gasteiger partial charge in [0.2, 0.25) is 0 Å². The molecule has 0 aliphatic heterocycles. The molecule has 1 atom stereocenters. The van der Waals surface area contributed by atoms with Crippen molar-refractivity contribution < 1.29 is 4.43 Å². The minimum absolute atomic E-state index is 0.308. The molecule has 1 nitrogen and oxygen atoms in total. The van der Waals surface area contributed by atoms with E-state index in [1.54, 1.807) is 0 Å². The highest BCUT2D eigenvalue weighted by Gasteiger charge is 2.39. The van der Waals surface area contributed by atoms with E-state index in [0.717, 1.165) is 5.33 Å². The van der Waals surface area contributed by atoms with Crippen molar-refractivity contribution in [1.82, 2.24) is 0 Å². The molecule has 0 fully saturated rings. The molecular formula is C11H25BrOSi. The van der Waals surface area contributed by atoms with E-state index in [1.165, 1.54) is 0 Å². The second kappa shape index (κ2) is 5.13. The molecule has 0 aromatic carbocycles. The molecule has 0 N–H and O–H groups in total. The maximum Gasteiger partial charge on any atom is 0.192 e. The summed E-state index contributed by atoms with van der Waals surface area (Å²) in [5, 5.41) is 1.25. The second-order valence-electron chi connectivity index (χ2n) is 5.81. The molecule has 0 spiro atoms. The fraction of sp³-hybridized carbons (Fsp3) is 1.00. The van der Waals surface area contributed by atoms with Crippen molar-refractivity contribution in [3.05, 3.63) is 0 Å². The lowest BCUT2D eigenvalue weighted by Crippen LogP contribution is -2.45. The molecule has 0 saturated carbocycles. The summed E-state index contributed by atoms with van der Waals surface area (Å²) < 4.78 is 6.30. The van der Waals surface area contributed by atoms with Gasteiger partial charge in [-0.1, -0.05) is 50.5 Å². The molecule has 3 heteroatoms. The first kappa shape index (κ1) is 14.7. The van der Waals surface area contributed by atoms with E-state index < -0.39 is 8.32 Å². The molecule has 0 bridgehead atoms. The first-order valence-corrected chi connectivity index (χ1v) is 9.38. The van der Waals surface area contributed by atoms with Gasteiger partial charge in [0.15, 0.2) is 8.32 Å². The van der Waals surface area contributed by atoms with Crippen LogP contribution in [-0.4, -0.2) is 19.8 Å².